The van der Waals surface area contributed by atoms with Crippen LogP contribution in [0, 0.1) is 0 Å². The molecule has 128 valence electrons. The van der Waals surface area contributed by atoms with Crippen molar-refractivity contribution >= 4 is 6.09 Å². The first-order chi connectivity index (χ1) is 11.6. The van der Waals surface area contributed by atoms with Gasteiger partial charge in [-0.05, 0) is 24.1 Å². The molecule has 1 aromatic heterocycles. The fourth-order valence-corrected chi connectivity index (χ4v) is 2.72. The Bertz CT molecular complexity index is 619. The molecule has 1 amide bonds. The molecular formula is C19H25N3O2. The Morgan fingerprint density at radius 1 is 1.21 bits per heavy atom. The molecule has 0 aliphatic carbocycles. The summed E-state index contributed by atoms with van der Waals surface area (Å²) in [5.74, 6) is 0. The second-order valence-corrected chi connectivity index (χ2v) is 5.82. The molecule has 1 heterocycles. The average Bonchev–Trinajstić information content (AvgIpc) is 2.62. The Balaban J connectivity index is 1.91. The fraction of sp³-hybridized carbons (Fsp3) is 0.368. The minimum atomic E-state index is -0.359. The average molecular weight is 327 g/mol. The van der Waals surface area contributed by atoms with Crippen molar-refractivity contribution in [3.05, 3.63) is 66.0 Å². The predicted octanol–water partition coefficient (Wildman–Crippen LogP) is 3.00. The van der Waals surface area contributed by atoms with E-state index in [4.69, 9.17) is 10.5 Å². The number of benzene rings is 1. The van der Waals surface area contributed by atoms with Crippen LogP contribution in [0.3, 0.4) is 0 Å². The molecule has 0 bridgehead atoms. The Morgan fingerprint density at radius 3 is 2.54 bits per heavy atom. The monoisotopic (exact) mass is 327 g/mol. The SMILES string of the molecule is CC[C@H](C(N)Cc1ccccn1)N(C)C(=O)OCc1ccccc1. The van der Waals surface area contributed by atoms with Crippen LogP contribution in [0.5, 0.6) is 0 Å². The minimum absolute atomic E-state index is 0.102. The van der Waals surface area contributed by atoms with E-state index in [0.717, 1.165) is 17.7 Å². The van der Waals surface area contributed by atoms with Crippen LogP contribution in [-0.4, -0.2) is 35.1 Å². The van der Waals surface area contributed by atoms with E-state index in [1.807, 2.05) is 55.5 Å². The van der Waals surface area contributed by atoms with Gasteiger partial charge in [0.1, 0.15) is 6.61 Å². The second-order valence-electron chi connectivity index (χ2n) is 5.82. The Hall–Kier alpha value is -2.40. The third-order valence-electron chi connectivity index (χ3n) is 4.07. The molecule has 5 heteroatoms. The zero-order valence-corrected chi connectivity index (χ0v) is 14.3. The highest BCUT2D eigenvalue weighted by Gasteiger charge is 2.25. The number of rotatable bonds is 7. The van der Waals surface area contributed by atoms with E-state index >= 15 is 0 Å². The van der Waals surface area contributed by atoms with Crippen molar-refractivity contribution in [2.45, 2.75) is 38.5 Å². The lowest BCUT2D eigenvalue weighted by molar-refractivity contribution is 0.0850. The molecule has 24 heavy (non-hydrogen) atoms. The summed E-state index contributed by atoms with van der Waals surface area (Å²) < 4.78 is 5.39. The summed E-state index contributed by atoms with van der Waals surface area (Å²) in [5.41, 5.74) is 8.21. The number of carbonyl (C=O) groups is 1. The molecule has 0 aliphatic heterocycles. The molecule has 0 saturated carbocycles. The highest BCUT2D eigenvalue weighted by Crippen LogP contribution is 2.12. The van der Waals surface area contributed by atoms with Crippen molar-refractivity contribution in [1.82, 2.24) is 9.88 Å². The first-order valence-corrected chi connectivity index (χ1v) is 8.20. The fourth-order valence-electron chi connectivity index (χ4n) is 2.72. The van der Waals surface area contributed by atoms with Crippen LogP contribution < -0.4 is 5.73 Å². The van der Waals surface area contributed by atoms with E-state index < -0.39 is 0 Å². The molecule has 1 aromatic carbocycles. The molecule has 2 N–H and O–H groups in total. The lowest BCUT2D eigenvalue weighted by atomic mass is 10.0. The van der Waals surface area contributed by atoms with E-state index in [2.05, 4.69) is 4.98 Å². The Kier molecular flexibility index (Phi) is 6.75. The number of ether oxygens (including phenoxy) is 1. The lowest BCUT2D eigenvalue weighted by Crippen LogP contribution is -2.49. The molecule has 5 nitrogen and oxygen atoms in total. The standard InChI is InChI=1S/C19H25N3O2/c1-3-18(17(20)13-16-11-7-8-12-21-16)22(2)19(23)24-14-15-9-5-4-6-10-15/h4-12,17-18H,3,13-14,20H2,1-2H3/t17?,18-/m1/s1. The van der Waals surface area contributed by atoms with E-state index in [0.29, 0.717) is 6.42 Å². The van der Waals surface area contributed by atoms with Crippen LogP contribution in [-0.2, 0) is 17.8 Å². The maximum absolute atomic E-state index is 12.3. The largest absolute Gasteiger partial charge is 0.445 e. The van der Waals surface area contributed by atoms with E-state index in [9.17, 15) is 4.79 Å². The summed E-state index contributed by atoms with van der Waals surface area (Å²) in [6, 6.07) is 15.1. The number of nitrogens with two attached hydrogens (primary N) is 1. The highest BCUT2D eigenvalue weighted by atomic mass is 16.6. The summed E-state index contributed by atoms with van der Waals surface area (Å²) in [4.78, 5) is 18.2. The number of nitrogens with zero attached hydrogens (tertiary/aromatic N) is 2. The van der Waals surface area contributed by atoms with Gasteiger partial charge in [-0.15, -0.1) is 0 Å². The van der Waals surface area contributed by atoms with Gasteiger partial charge in [0.25, 0.3) is 0 Å². The van der Waals surface area contributed by atoms with Crippen LogP contribution in [0.1, 0.15) is 24.6 Å². The molecule has 0 saturated heterocycles. The van der Waals surface area contributed by atoms with Crippen molar-refractivity contribution in [2.24, 2.45) is 5.73 Å². The number of aromatic nitrogens is 1. The molecular weight excluding hydrogens is 302 g/mol. The molecule has 2 rings (SSSR count). The number of hydrogen-bond acceptors (Lipinski definition) is 4. The highest BCUT2D eigenvalue weighted by molar-refractivity contribution is 5.67. The van der Waals surface area contributed by atoms with Crippen molar-refractivity contribution in [1.29, 1.82) is 0 Å². The molecule has 0 aliphatic rings. The molecule has 2 aromatic rings. The van der Waals surface area contributed by atoms with Gasteiger partial charge in [-0.1, -0.05) is 43.3 Å². The molecule has 0 radical (unpaired) electrons. The van der Waals surface area contributed by atoms with Gasteiger partial charge in [0.2, 0.25) is 0 Å². The minimum Gasteiger partial charge on any atom is -0.445 e. The van der Waals surface area contributed by atoms with Crippen LogP contribution in [0.2, 0.25) is 0 Å². The second kappa shape index (κ2) is 9.03. The van der Waals surface area contributed by atoms with Crippen LogP contribution in [0.15, 0.2) is 54.7 Å². The van der Waals surface area contributed by atoms with Gasteiger partial charge in [0.15, 0.2) is 0 Å². The van der Waals surface area contributed by atoms with E-state index in [1.165, 1.54) is 0 Å². The first kappa shape index (κ1) is 17.9. The third-order valence-corrected chi connectivity index (χ3v) is 4.07. The molecule has 1 unspecified atom stereocenters. The summed E-state index contributed by atoms with van der Waals surface area (Å²) in [6.45, 7) is 2.28. The zero-order valence-electron chi connectivity index (χ0n) is 14.3. The Morgan fingerprint density at radius 2 is 1.92 bits per heavy atom. The maximum Gasteiger partial charge on any atom is 0.410 e. The van der Waals surface area contributed by atoms with Gasteiger partial charge in [-0.25, -0.2) is 4.79 Å². The number of carbonyl (C=O) groups excluding carboxylic acids is 1. The van der Waals surface area contributed by atoms with Gasteiger partial charge in [-0.2, -0.15) is 0 Å². The molecule has 0 fully saturated rings. The summed E-state index contributed by atoms with van der Waals surface area (Å²) in [7, 11) is 1.74. The van der Waals surface area contributed by atoms with Gasteiger partial charge >= 0.3 is 6.09 Å². The Labute approximate surface area is 143 Å². The third kappa shape index (κ3) is 5.06. The smallest absolute Gasteiger partial charge is 0.410 e. The van der Waals surface area contributed by atoms with Crippen molar-refractivity contribution < 1.29 is 9.53 Å². The summed E-state index contributed by atoms with van der Waals surface area (Å²) in [5, 5.41) is 0. The van der Waals surface area contributed by atoms with E-state index in [1.54, 1.807) is 18.1 Å². The van der Waals surface area contributed by atoms with Crippen LogP contribution in [0.25, 0.3) is 0 Å². The summed E-state index contributed by atoms with van der Waals surface area (Å²) in [6.07, 6.45) is 2.77. The number of amides is 1. The molecule has 2 atom stereocenters. The molecule has 0 spiro atoms. The van der Waals surface area contributed by atoms with Crippen LogP contribution in [0.4, 0.5) is 4.79 Å². The van der Waals surface area contributed by atoms with Gasteiger partial charge in [-0.3, -0.25) is 4.98 Å². The summed E-state index contributed by atoms with van der Waals surface area (Å²) >= 11 is 0. The van der Waals surface area contributed by atoms with E-state index in [-0.39, 0.29) is 24.8 Å². The maximum atomic E-state index is 12.3. The lowest BCUT2D eigenvalue weighted by Gasteiger charge is -2.31. The topological polar surface area (TPSA) is 68.5 Å². The first-order valence-electron chi connectivity index (χ1n) is 8.20. The predicted molar refractivity (Wildman–Crippen MR) is 94.4 cm³/mol. The van der Waals surface area contributed by atoms with Gasteiger partial charge in [0.05, 0.1) is 0 Å². The van der Waals surface area contributed by atoms with Crippen molar-refractivity contribution in [3.8, 4) is 0 Å². The van der Waals surface area contributed by atoms with Crippen molar-refractivity contribution in [2.75, 3.05) is 7.05 Å². The normalized spacial score (nSPS) is 13.1. The van der Waals surface area contributed by atoms with Crippen molar-refractivity contribution in [3.63, 3.8) is 0 Å². The quantitative estimate of drug-likeness (QED) is 0.849. The van der Waals surface area contributed by atoms with Gasteiger partial charge in [0, 0.05) is 37.4 Å². The number of hydrogen-bond donors (Lipinski definition) is 1. The van der Waals surface area contributed by atoms with Crippen LogP contribution >= 0.6 is 0 Å². The van der Waals surface area contributed by atoms with Gasteiger partial charge < -0.3 is 15.4 Å². The zero-order chi connectivity index (χ0) is 17.4. The number of pyridine rings is 1. The number of likely N-dealkylation sites (N-methyl/N-ethyl adjacent to an activating group) is 1.